The van der Waals surface area contributed by atoms with Gasteiger partial charge >= 0.3 is 5.97 Å². The van der Waals surface area contributed by atoms with Crippen LogP contribution in [0.25, 0.3) is 0 Å². The maximum Gasteiger partial charge on any atom is 0.303 e. The third kappa shape index (κ3) is 9.49. The number of rotatable bonds is 10. The molecule has 0 radical (unpaired) electrons. The molecular weight excluding hydrogens is 260 g/mol. The molecule has 0 fully saturated rings. The van der Waals surface area contributed by atoms with Gasteiger partial charge in [-0.05, 0) is 12.8 Å². The van der Waals surface area contributed by atoms with Gasteiger partial charge in [-0.3, -0.25) is 9.59 Å². The zero-order valence-corrected chi connectivity index (χ0v) is 11.2. The van der Waals surface area contributed by atoms with Crippen LogP contribution in [0.15, 0.2) is 11.8 Å². The smallest absolute Gasteiger partial charge is 0.303 e. The molecule has 0 heterocycles. The maximum atomic E-state index is 11.6. The van der Waals surface area contributed by atoms with Crippen LogP contribution in [0, 0.1) is 22.7 Å². The second-order valence-corrected chi connectivity index (χ2v) is 3.99. The van der Waals surface area contributed by atoms with Crippen molar-refractivity contribution >= 4 is 11.9 Å². The Morgan fingerprint density at radius 1 is 1.15 bits per heavy atom. The summed E-state index contributed by atoms with van der Waals surface area (Å²) in [6.45, 7) is 0.778. The summed E-state index contributed by atoms with van der Waals surface area (Å²) in [5, 5.41) is 30.9. The Kier molecular flexibility index (Phi) is 10.1. The van der Waals surface area contributed by atoms with Crippen molar-refractivity contribution < 1.29 is 14.7 Å². The molecule has 0 bridgehead atoms. The van der Waals surface area contributed by atoms with E-state index >= 15 is 0 Å². The summed E-state index contributed by atoms with van der Waals surface area (Å²) in [7, 11) is 0. The van der Waals surface area contributed by atoms with E-state index in [1.807, 2.05) is 6.07 Å². The number of carbonyl (C=O) groups is 2. The van der Waals surface area contributed by atoms with E-state index in [0.717, 1.165) is 0 Å². The van der Waals surface area contributed by atoms with Gasteiger partial charge in [-0.2, -0.15) is 10.5 Å². The van der Waals surface area contributed by atoms with E-state index in [1.165, 1.54) is 6.20 Å². The van der Waals surface area contributed by atoms with Crippen molar-refractivity contribution in [2.45, 2.75) is 32.1 Å². The van der Waals surface area contributed by atoms with Crippen molar-refractivity contribution in [2.24, 2.45) is 0 Å². The molecule has 0 spiro atoms. The molecule has 3 N–H and O–H groups in total. The van der Waals surface area contributed by atoms with E-state index in [1.54, 1.807) is 6.07 Å². The highest BCUT2D eigenvalue weighted by Gasteiger charge is 2.07. The average molecular weight is 278 g/mol. The Morgan fingerprint density at radius 3 is 2.50 bits per heavy atom. The van der Waals surface area contributed by atoms with Gasteiger partial charge in [0.25, 0.3) is 5.91 Å². The Bertz CT molecular complexity index is 432. The van der Waals surface area contributed by atoms with Crippen LogP contribution in [0.5, 0.6) is 0 Å². The van der Waals surface area contributed by atoms with Crippen LogP contribution in [0.3, 0.4) is 0 Å². The molecule has 20 heavy (non-hydrogen) atoms. The third-order valence-electron chi connectivity index (χ3n) is 2.35. The first-order valence-corrected chi connectivity index (χ1v) is 6.32. The minimum absolute atomic E-state index is 0.0477. The van der Waals surface area contributed by atoms with Crippen LogP contribution >= 0.6 is 0 Å². The molecule has 0 aromatic carbocycles. The fourth-order valence-electron chi connectivity index (χ4n) is 1.33. The fraction of sp³-hybridized carbons (Fsp3) is 0.538. The zero-order valence-electron chi connectivity index (χ0n) is 11.2. The molecule has 1 amide bonds. The number of carbonyl (C=O) groups excluding carboxylic acids is 1. The van der Waals surface area contributed by atoms with Gasteiger partial charge < -0.3 is 15.7 Å². The zero-order chi connectivity index (χ0) is 15.2. The summed E-state index contributed by atoms with van der Waals surface area (Å²) < 4.78 is 0. The number of nitrogens with one attached hydrogen (secondary N) is 2. The molecule has 0 unspecified atom stereocenters. The molecule has 0 saturated heterocycles. The number of carboxylic acids is 1. The van der Waals surface area contributed by atoms with Crippen LogP contribution in [-0.2, 0) is 9.59 Å². The molecule has 0 aliphatic carbocycles. The highest BCUT2D eigenvalue weighted by atomic mass is 16.4. The molecule has 0 aromatic rings. The minimum atomic E-state index is -0.827. The number of nitrogens with zero attached hydrogens (tertiary/aromatic N) is 2. The number of carboxylic acid groups (broad SMARTS) is 1. The normalized spacial score (nSPS) is 10.2. The molecule has 0 aromatic heterocycles. The lowest BCUT2D eigenvalue weighted by molar-refractivity contribution is -0.137. The van der Waals surface area contributed by atoms with Gasteiger partial charge in [0.2, 0.25) is 0 Å². The summed E-state index contributed by atoms with van der Waals surface area (Å²) in [5.74, 6) is -1.30. The molecule has 0 atom stereocenters. The van der Waals surface area contributed by atoms with E-state index in [2.05, 4.69) is 10.6 Å². The molecule has 108 valence electrons. The van der Waals surface area contributed by atoms with Gasteiger partial charge in [0.1, 0.15) is 11.6 Å². The lowest BCUT2D eigenvalue weighted by atomic mass is 10.2. The van der Waals surface area contributed by atoms with Gasteiger partial charge in [-0.25, -0.2) is 0 Å². The quantitative estimate of drug-likeness (QED) is 0.306. The molecule has 0 aliphatic heterocycles. The molecular formula is C13H18N4O3. The van der Waals surface area contributed by atoms with Gasteiger partial charge in [-0.1, -0.05) is 6.42 Å². The predicted molar refractivity (Wildman–Crippen MR) is 71.0 cm³/mol. The van der Waals surface area contributed by atoms with E-state index in [-0.39, 0.29) is 12.0 Å². The Hall–Kier alpha value is -2.54. The van der Waals surface area contributed by atoms with Crippen molar-refractivity contribution in [3.05, 3.63) is 11.8 Å². The molecule has 0 rings (SSSR count). The minimum Gasteiger partial charge on any atom is -0.481 e. The van der Waals surface area contributed by atoms with Crippen molar-refractivity contribution in [3.8, 4) is 12.1 Å². The second kappa shape index (κ2) is 11.5. The van der Waals surface area contributed by atoms with Gasteiger partial charge in [0.15, 0.2) is 0 Å². The van der Waals surface area contributed by atoms with Gasteiger partial charge in [0.05, 0.1) is 12.5 Å². The second-order valence-electron chi connectivity index (χ2n) is 3.99. The third-order valence-corrected chi connectivity index (χ3v) is 2.35. The van der Waals surface area contributed by atoms with Crippen molar-refractivity contribution in [2.75, 3.05) is 13.1 Å². The highest BCUT2D eigenvalue weighted by molar-refractivity contribution is 5.97. The lowest BCUT2D eigenvalue weighted by Gasteiger charge is -2.04. The van der Waals surface area contributed by atoms with E-state index in [0.29, 0.717) is 38.8 Å². The lowest BCUT2D eigenvalue weighted by Crippen LogP contribution is -2.26. The van der Waals surface area contributed by atoms with Crippen molar-refractivity contribution in [3.63, 3.8) is 0 Å². The summed E-state index contributed by atoms with van der Waals surface area (Å²) in [6.07, 6.45) is 3.65. The van der Waals surface area contributed by atoms with Crippen molar-refractivity contribution in [1.29, 1.82) is 10.5 Å². The van der Waals surface area contributed by atoms with Crippen LogP contribution in [0.1, 0.15) is 32.1 Å². The maximum absolute atomic E-state index is 11.6. The molecule has 0 aliphatic rings. The number of hydrogen-bond donors (Lipinski definition) is 3. The molecule has 7 heteroatoms. The first kappa shape index (κ1) is 17.5. The number of nitriles is 2. The number of aliphatic carboxylic acids is 1. The monoisotopic (exact) mass is 278 g/mol. The van der Waals surface area contributed by atoms with E-state index in [9.17, 15) is 9.59 Å². The molecule has 0 saturated carbocycles. The first-order chi connectivity index (χ1) is 9.61. The van der Waals surface area contributed by atoms with Gasteiger partial charge in [0, 0.05) is 25.7 Å². The van der Waals surface area contributed by atoms with Crippen LogP contribution in [0.4, 0.5) is 0 Å². The van der Waals surface area contributed by atoms with E-state index in [4.69, 9.17) is 15.6 Å². The van der Waals surface area contributed by atoms with Crippen LogP contribution in [-0.4, -0.2) is 30.1 Å². The number of unbranched alkanes of at least 4 members (excludes halogenated alkanes) is 2. The van der Waals surface area contributed by atoms with Gasteiger partial charge in [-0.15, -0.1) is 0 Å². The Labute approximate surface area is 117 Å². The standard InChI is InChI=1S/C13H18N4O3/c14-6-4-7-16-10-11(9-15)13(20)17-8-3-1-2-5-12(18)19/h10,16H,1-5,7-8H2,(H,17,20)(H,18,19)/b11-10-. The van der Waals surface area contributed by atoms with E-state index < -0.39 is 11.9 Å². The Morgan fingerprint density at radius 2 is 1.90 bits per heavy atom. The fourth-order valence-corrected chi connectivity index (χ4v) is 1.33. The van der Waals surface area contributed by atoms with Crippen LogP contribution < -0.4 is 10.6 Å². The largest absolute Gasteiger partial charge is 0.481 e. The first-order valence-electron chi connectivity index (χ1n) is 6.32. The summed E-state index contributed by atoms with van der Waals surface area (Å²) >= 11 is 0. The Balaban J connectivity index is 3.85. The predicted octanol–water partition coefficient (Wildman–Crippen LogP) is 0.658. The SMILES string of the molecule is N#CCCN/C=C(/C#N)C(=O)NCCCCCC(=O)O. The highest BCUT2D eigenvalue weighted by Crippen LogP contribution is 1.99. The average Bonchev–Trinajstić information content (AvgIpc) is 2.42. The number of amides is 1. The molecule has 7 nitrogen and oxygen atoms in total. The van der Waals surface area contributed by atoms with Crippen molar-refractivity contribution in [1.82, 2.24) is 10.6 Å². The number of hydrogen-bond acceptors (Lipinski definition) is 5. The van der Waals surface area contributed by atoms with Crippen LogP contribution in [0.2, 0.25) is 0 Å². The summed E-state index contributed by atoms with van der Waals surface area (Å²) in [4.78, 5) is 21.9. The summed E-state index contributed by atoms with van der Waals surface area (Å²) in [6, 6.07) is 3.71. The topological polar surface area (TPSA) is 126 Å². The summed E-state index contributed by atoms with van der Waals surface area (Å²) in [5.41, 5.74) is -0.0477.